The molecule has 0 spiro atoms. The summed E-state index contributed by atoms with van der Waals surface area (Å²) in [6, 6.07) is 0. The first-order valence-corrected chi connectivity index (χ1v) is 4.50. The zero-order chi connectivity index (χ0) is 8.27. The predicted molar refractivity (Wildman–Crippen MR) is 46.2 cm³/mol. The summed E-state index contributed by atoms with van der Waals surface area (Å²) in [5, 5.41) is 3.62. The third kappa shape index (κ3) is 2.20. The number of hydrogen-bond acceptors (Lipinski definition) is 5. The molecule has 11 heavy (non-hydrogen) atoms. The molecule has 0 atom stereocenters. The van der Waals surface area contributed by atoms with Gasteiger partial charge in [-0.1, -0.05) is 11.8 Å². The molecule has 0 aliphatic carbocycles. The largest absolute Gasteiger partial charge is 0.357 e. The fraction of sp³-hybridized carbons (Fsp3) is 0.400. The van der Waals surface area contributed by atoms with E-state index in [1.54, 1.807) is 7.05 Å². The van der Waals surface area contributed by atoms with Crippen LogP contribution in [0.2, 0.25) is 5.28 Å². The van der Waals surface area contributed by atoms with E-state index in [1.165, 1.54) is 11.8 Å². The first-order valence-electron chi connectivity index (χ1n) is 2.89. The Labute approximate surface area is 73.8 Å². The topological polar surface area (TPSA) is 50.7 Å². The summed E-state index contributed by atoms with van der Waals surface area (Å²) in [4.78, 5) is 11.7. The Bertz CT molecular complexity index is 232. The zero-order valence-corrected chi connectivity index (χ0v) is 7.70. The molecule has 0 bridgehead atoms. The molecule has 0 amide bonds. The van der Waals surface area contributed by atoms with Gasteiger partial charge in [0.1, 0.15) is 0 Å². The molecule has 0 aromatic carbocycles. The lowest BCUT2D eigenvalue weighted by molar-refractivity contribution is 0.911. The highest BCUT2D eigenvalue weighted by Gasteiger charge is 2.00. The van der Waals surface area contributed by atoms with Gasteiger partial charge in [-0.05, 0) is 17.9 Å². The highest BCUT2D eigenvalue weighted by molar-refractivity contribution is 7.98. The van der Waals surface area contributed by atoms with Gasteiger partial charge in [0.25, 0.3) is 0 Å². The van der Waals surface area contributed by atoms with Crippen molar-refractivity contribution in [3.8, 4) is 0 Å². The third-order valence-electron chi connectivity index (χ3n) is 0.994. The van der Waals surface area contributed by atoms with E-state index in [0.29, 0.717) is 11.1 Å². The molecule has 1 N–H and O–H groups in total. The molecule has 1 heterocycles. The van der Waals surface area contributed by atoms with Crippen LogP contribution in [-0.4, -0.2) is 28.3 Å². The van der Waals surface area contributed by atoms with Crippen LogP contribution < -0.4 is 5.32 Å². The smallest absolute Gasteiger partial charge is 0.228 e. The SMILES string of the molecule is CNc1nc(Cl)nc(SC)n1. The number of nitrogens with one attached hydrogen (secondary N) is 1. The van der Waals surface area contributed by atoms with E-state index in [4.69, 9.17) is 11.6 Å². The lowest BCUT2D eigenvalue weighted by Gasteiger charge is -1.99. The molecule has 0 unspecified atom stereocenters. The van der Waals surface area contributed by atoms with Crippen LogP contribution in [0.25, 0.3) is 0 Å². The molecule has 0 saturated carbocycles. The average molecular weight is 191 g/mol. The second kappa shape index (κ2) is 3.73. The highest BCUT2D eigenvalue weighted by atomic mass is 35.5. The Morgan fingerprint density at radius 1 is 1.36 bits per heavy atom. The summed E-state index contributed by atoms with van der Waals surface area (Å²) >= 11 is 7.02. The van der Waals surface area contributed by atoms with Crippen molar-refractivity contribution in [2.24, 2.45) is 0 Å². The minimum Gasteiger partial charge on any atom is -0.357 e. The van der Waals surface area contributed by atoms with Crippen LogP contribution in [-0.2, 0) is 0 Å². The van der Waals surface area contributed by atoms with Gasteiger partial charge in [-0.25, -0.2) is 0 Å². The molecular formula is C5H7ClN4S. The standard InChI is InChI=1S/C5H7ClN4S/c1-7-4-8-3(6)9-5(10-4)11-2/h1-2H3,(H,7,8,9,10). The van der Waals surface area contributed by atoms with Crippen molar-refractivity contribution >= 4 is 29.3 Å². The predicted octanol–water partition coefficient (Wildman–Crippen LogP) is 1.29. The fourth-order valence-electron chi connectivity index (χ4n) is 0.535. The summed E-state index contributed by atoms with van der Waals surface area (Å²) < 4.78 is 0. The van der Waals surface area contributed by atoms with E-state index < -0.39 is 0 Å². The van der Waals surface area contributed by atoms with Crippen LogP contribution in [0.3, 0.4) is 0 Å². The van der Waals surface area contributed by atoms with Gasteiger partial charge in [0, 0.05) is 7.05 Å². The average Bonchev–Trinajstić information content (AvgIpc) is 2.03. The summed E-state index contributed by atoms with van der Waals surface area (Å²) in [7, 11) is 1.73. The molecule has 4 nitrogen and oxygen atoms in total. The molecule has 1 aromatic heterocycles. The lowest BCUT2D eigenvalue weighted by Crippen LogP contribution is -1.99. The van der Waals surface area contributed by atoms with Gasteiger partial charge < -0.3 is 5.32 Å². The molecule has 0 saturated heterocycles. The second-order valence-corrected chi connectivity index (χ2v) is 2.78. The maximum Gasteiger partial charge on any atom is 0.228 e. The van der Waals surface area contributed by atoms with Gasteiger partial charge in [-0.2, -0.15) is 15.0 Å². The summed E-state index contributed by atoms with van der Waals surface area (Å²) in [5.41, 5.74) is 0. The van der Waals surface area contributed by atoms with Crippen LogP contribution in [0.1, 0.15) is 0 Å². The number of halogens is 1. The quantitative estimate of drug-likeness (QED) is 0.713. The Balaban J connectivity index is 3.02. The number of thioether (sulfide) groups is 1. The Hall–Kier alpha value is -0.550. The summed E-state index contributed by atoms with van der Waals surface area (Å²) in [6.07, 6.45) is 1.88. The van der Waals surface area contributed by atoms with Crippen molar-refractivity contribution in [2.75, 3.05) is 18.6 Å². The zero-order valence-electron chi connectivity index (χ0n) is 6.13. The van der Waals surface area contributed by atoms with E-state index in [0.717, 1.165) is 0 Å². The van der Waals surface area contributed by atoms with Gasteiger partial charge in [0.05, 0.1) is 0 Å². The minimum atomic E-state index is 0.216. The summed E-state index contributed by atoms with van der Waals surface area (Å²) in [6.45, 7) is 0. The molecule has 0 radical (unpaired) electrons. The number of aromatic nitrogens is 3. The monoisotopic (exact) mass is 190 g/mol. The van der Waals surface area contributed by atoms with E-state index in [2.05, 4.69) is 20.3 Å². The van der Waals surface area contributed by atoms with E-state index in [1.807, 2.05) is 6.26 Å². The molecular weight excluding hydrogens is 184 g/mol. The van der Waals surface area contributed by atoms with E-state index in [9.17, 15) is 0 Å². The third-order valence-corrected chi connectivity index (χ3v) is 1.71. The normalized spacial score (nSPS) is 9.73. The maximum atomic E-state index is 5.59. The van der Waals surface area contributed by atoms with Crippen molar-refractivity contribution < 1.29 is 0 Å². The van der Waals surface area contributed by atoms with Crippen molar-refractivity contribution in [1.82, 2.24) is 15.0 Å². The first-order chi connectivity index (χ1) is 5.26. The minimum absolute atomic E-state index is 0.216. The van der Waals surface area contributed by atoms with Crippen LogP contribution in [0.15, 0.2) is 5.16 Å². The van der Waals surface area contributed by atoms with Crippen molar-refractivity contribution in [2.45, 2.75) is 5.16 Å². The first kappa shape index (κ1) is 8.55. The Morgan fingerprint density at radius 3 is 2.64 bits per heavy atom. The Kier molecular flexibility index (Phi) is 2.90. The lowest BCUT2D eigenvalue weighted by atomic mass is 10.9. The van der Waals surface area contributed by atoms with Gasteiger partial charge in [0.15, 0.2) is 5.16 Å². The van der Waals surface area contributed by atoms with Crippen molar-refractivity contribution in [1.29, 1.82) is 0 Å². The van der Waals surface area contributed by atoms with Gasteiger partial charge in [0.2, 0.25) is 11.2 Å². The molecule has 60 valence electrons. The maximum absolute atomic E-state index is 5.59. The summed E-state index contributed by atoms with van der Waals surface area (Å²) in [5.74, 6) is 0.495. The van der Waals surface area contributed by atoms with Crippen LogP contribution in [0.4, 0.5) is 5.95 Å². The fourth-order valence-corrected chi connectivity index (χ4v) is 1.10. The van der Waals surface area contributed by atoms with Crippen LogP contribution >= 0.6 is 23.4 Å². The van der Waals surface area contributed by atoms with Crippen molar-refractivity contribution in [3.05, 3.63) is 5.28 Å². The molecule has 0 aliphatic heterocycles. The van der Waals surface area contributed by atoms with Gasteiger partial charge >= 0.3 is 0 Å². The molecule has 0 aliphatic rings. The Morgan fingerprint density at radius 2 is 2.09 bits per heavy atom. The van der Waals surface area contributed by atoms with Gasteiger partial charge in [-0.15, -0.1) is 0 Å². The van der Waals surface area contributed by atoms with Crippen LogP contribution in [0, 0.1) is 0 Å². The second-order valence-electron chi connectivity index (χ2n) is 1.66. The van der Waals surface area contributed by atoms with Crippen molar-refractivity contribution in [3.63, 3.8) is 0 Å². The van der Waals surface area contributed by atoms with Gasteiger partial charge in [-0.3, -0.25) is 0 Å². The van der Waals surface area contributed by atoms with Crippen LogP contribution in [0.5, 0.6) is 0 Å². The van der Waals surface area contributed by atoms with E-state index in [-0.39, 0.29) is 5.28 Å². The molecule has 6 heteroatoms. The highest BCUT2D eigenvalue weighted by Crippen LogP contribution is 2.12. The number of nitrogens with zero attached hydrogens (tertiary/aromatic N) is 3. The number of anilines is 1. The molecule has 1 rings (SSSR count). The number of rotatable bonds is 2. The molecule has 1 aromatic rings. The molecule has 0 fully saturated rings. The van der Waals surface area contributed by atoms with E-state index >= 15 is 0 Å². The number of hydrogen-bond donors (Lipinski definition) is 1.